The molecule has 1 amide bonds. The van der Waals surface area contributed by atoms with Crippen LogP contribution in [0.5, 0.6) is 5.75 Å². The first-order valence-corrected chi connectivity index (χ1v) is 5.17. The van der Waals surface area contributed by atoms with Crippen LogP contribution in [0.25, 0.3) is 0 Å². The molecule has 0 spiro atoms. The zero-order valence-electron chi connectivity index (χ0n) is 8.60. The van der Waals surface area contributed by atoms with Crippen LogP contribution in [0.3, 0.4) is 0 Å². The van der Waals surface area contributed by atoms with Crippen LogP contribution in [-0.2, 0) is 0 Å². The van der Waals surface area contributed by atoms with Crippen LogP contribution >= 0.6 is 0 Å². The van der Waals surface area contributed by atoms with E-state index in [1.807, 2.05) is 0 Å². The van der Waals surface area contributed by atoms with Crippen LogP contribution in [0.1, 0.15) is 30.3 Å². The number of nitrogens with zero attached hydrogens (tertiary/aromatic N) is 1. The van der Waals surface area contributed by atoms with Gasteiger partial charge in [-0.2, -0.15) is 0 Å². The Bertz CT molecular complexity index is 379. The number of hydrogen-bond acceptors (Lipinski definition) is 3. The maximum absolute atomic E-state index is 11.6. The Morgan fingerprint density at radius 1 is 1.73 bits per heavy atom. The molecule has 2 atom stereocenters. The number of carbonyl (C=O) groups is 1. The van der Waals surface area contributed by atoms with Gasteiger partial charge < -0.3 is 10.4 Å². The van der Waals surface area contributed by atoms with Crippen molar-refractivity contribution in [3.63, 3.8) is 0 Å². The van der Waals surface area contributed by atoms with Crippen LogP contribution < -0.4 is 5.32 Å². The molecular formula is C11H14N2O2. The summed E-state index contributed by atoms with van der Waals surface area (Å²) < 4.78 is 0. The van der Waals surface area contributed by atoms with E-state index in [4.69, 9.17) is 0 Å². The maximum atomic E-state index is 11.6. The number of nitrogens with one attached hydrogen (secondary N) is 1. The van der Waals surface area contributed by atoms with Gasteiger partial charge in [0.25, 0.3) is 5.91 Å². The lowest BCUT2D eigenvalue weighted by Gasteiger charge is -2.04. The Labute approximate surface area is 88.3 Å². The molecule has 0 radical (unpaired) electrons. The molecule has 1 aromatic heterocycles. The fourth-order valence-corrected chi connectivity index (χ4v) is 1.68. The topological polar surface area (TPSA) is 62.2 Å². The van der Waals surface area contributed by atoms with Gasteiger partial charge in [0.05, 0.1) is 0 Å². The fraction of sp³-hybridized carbons (Fsp3) is 0.455. The predicted molar refractivity (Wildman–Crippen MR) is 55.6 cm³/mol. The lowest BCUT2D eigenvalue weighted by atomic mass is 10.3. The second-order valence-corrected chi connectivity index (χ2v) is 3.86. The van der Waals surface area contributed by atoms with E-state index in [0.29, 0.717) is 5.92 Å². The quantitative estimate of drug-likeness (QED) is 0.784. The van der Waals surface area contributed by atoms with Crippen LogP contribution in [-0.4, -0.2) is 22.0 Å². The van der Waals surface area contributed by atoms with Gasteiger partial charge >= 0.3 is 0 Å². The number of aromatic nitrogens is 1. The molecule has 80 valence electrons. The molecule has 1 aliphatic carbocycles. The van der Waals surface area contributed by atoms with Gasteiger partial charge in [-0.25, -0.2) is 4.98 Å². The van der Waals surface area contributed by atoms with E-state index in [1.54, 1.807) is 6.07 Å². The Kier molecular flexibility index (Phi) is 2.58. The number of amides is 1. The molecule has 2 N–H and O–H groups in total. The zero-order chi connectivity index (χ0) is 10.8. The van der Waals surface area contributed by atoms with Gasteiger partial charge in [-0.1, -0.05) is 13.3 Å². The lowest BCUT2D eigenvalue weighted by Crippen LogP contribution is -2.27. The molecule has 4 heteroatoms. The first kappa shape index (κ1) is 9.96. The largest absolute Gasteiger partial charge is 0.505 e. The van der Waals surface area contributed by atoms with Crippen molar-refractivity contribution >= 4 is 5.91 Å². The summed E-state index contributed by atoms with van der Waals surface area (Å²) in [6.07, 6.45) is 3.62. The molecule has 0 aromatic carbocycles. The fourth-order valence-electron chi connectivity index (χ4n) is 1.68. The van der Waals surface area contributed by atoms with Gasteiger partial charge in [0, 0.05) is 12.2 Å². The molecule has 2 rings (SSSR count). The Hall–Kier alpha value is -1.58. The molecule has 15 heavy (non-hydrogen) atoms. The first-order valence-electron chi connectivity index (χ1n) is 5.17. The Balaban J connectivity index is 2.00. The molecule has 1 aliphatic rings. The van der Waals surface area contributed by atoms with Crippen molar-refractivity contribution < 1.29 is 9.90 Å². The van der Waals surface area contributed by atoms with Gasteiger partial charge in [-0.15, -0.1) is 0 Å². The molecule has 0 unspecified atom stereocenters. The van der Waals surface area contributed by atoms with E-state index >= 15 is 0 Å². The normalized spacial score (nSPS) is 23.5. The molecule has 0 aliphatic heterocycles. The summed E-state index contributed by atoms with van der Waals surface area (Å²) in [7, 11) is 0. The van der Waals surface area contributed by atoms with Gasteiger partial charge in [-0.05, 0) is 24.5 Å². The molecule has 1 aromatic rings. The minimum atomic E-state index is -0.283. The van der Waals surface area contributed by atoms with Crippen LogP contribution in [0.4, 0.5) is 0 Å². The van der Waals surface area contributed by atoms with Crippen LogP contribution in [0.2, 0.25) is 0 Å². The van der Waals surface area contributed by atoms with E-state index in [2.05, 4.69) is 17.2 Å². The molecular weight excluding hydrogens is 192 g/mol. The molecule has 0 saturated heterocycles. The number of pyridine rings is 1. The monoisotopic (exact) mass is 206 g/mol. The van der Waals surface area contributed by atoms with Crippen molar-refractivity contribution in [2.75, 3.05) is 0 Å². The van der Waals surface area contributed by atoms with Crippen molar-refractivity contribution in [2.45, 2.75) is 25.8 Å². The summed E-state index contributed by atoms with van der Waals surface area (Å²) in [5.74, 6) is 0.248. The predicted octanol–water partition coefficient (Wildman–Crippen LogP) is 1.32. The van der Waals surface area contributed by atoms with Gasteiger partial charge in [-0.3, -0.25) is 4.79 Å². The molecule has 1 fully saturated rings. The highest BCUT2D eigenvalue weighted by atomic mass is 16.3. The summed E-state index contributed by atoms with van der Waals surface area (Å²) >= 11 is 0. The Morgan fingerprint density at radius 2 is 2.53 bits per heavy atom. The van der Waals surface area contributed by atoms with Gasteiger partial charge in [0.15, 0.2) is 5.69 Å². The minimum absolute atomic E-state index is 0.0660. The highest BCUT2D eigenvalue weighted by molar-refractivity contribution is 5.95. The zero-order valence-corrected chi connectivity index (χ0v) is 8.60. The lowest BCUT2D eigenvalue weighted by molar-refractivity contribution is 0.0941. The van der Waals surface area contributed by atoms with E-state index in [0.717, 1.165) is 12.8 Å². The van der Waals surface area contributed by atoms with Crippen LogP contribution in [0.15, 0.2) is 18.3 Å². The summed E-state index contributed by atoms with van der Waals surface area (Å²) in [5.41, 5.74) is 0.110. The van der Waals surface area contributed by atoms with Gasteiger partial charge in [0.1, 0.15) is 5.75 Å². The number of aromatic hydroxyl groups is 1. The number of carbonyl (C=O) groups excluding carboxylic acids is 1. The highest BCUT2D eigenvalue weighted by Crippen LogP contribution is 2.33. The second kappa shape index (κ2) is 3.88. The third-order valence-corrected chi connectivity index (χ3v) is 2.76. The summed E-state index contributed by atoms with van der Waals surface area (Å²) in [6.45, 7) is 2.11. The van der Waals surface area contributed by atoms with Crippen molar-refractivity contribution in [1.82, 2.24) is 10.3 Å². The number of rotatable bonds is 3. The SMILES string of the molecule is CC[C@@H]1C[C@H]1NC(=O)c1ncccc1O. The summed E-state index contributed by atoms with van der Waals surface area (Å²) in [6, 6.07) is 3.33. The summed E-state index contributed by atoms with van der Waals surface area (Å²) in [5, 5.41) is 12.3. The standard InChI is InChI=1S/C11H14N2O2/c1-2-7-6-8(7)13-11(15)10-9(14)4-3-5-12-10/h3-5,7-8,14H,2,6H2,1H3,(H,13,15)/t7-,8-/m1/s1. The van der Waals surface area contributed by atoms with E-state index < -0.39 is 0 Å². The van der Waals surface area contributed by atoms with Crippen molar-refractivity contribution in [1.29, 1.82) is 0 Å². The number of hydrogen-bond donors (Lipinski definition) is 2. The first-order chi connectivity index (χ1) is 7.22. The van der Waals surface area contributed by atoms with E-state index in [9.17, 15) is 9.90 Å². The third-order valence-electron chi connectivity index (χ3n) is 2.76. The van der Waals surface area contributed by atoms with E-state index in [-0.39, 0.29) is 23.4 Å². The average molecular weight is 206 g/mol. The third kappa shape index (κ3) is 2.09. The summed E-state index contributed by atoms with van der Waals surface area (Å²) in [4.78, 5) is 15.5. The smallest absolute Gasteiger partial charge is 0.273 e. The molecule has 1 heterocycles. The maximum Gasteiger partial charge on any atom is 0.273 e. The minimum Gasteiger partial charge on any atom is -0.505 e. The van der Waals surface area contributed by atoms with Crippen LogP contribution in [0, 0.1) is 5.92 Å². The van der Waals surface area contributed by atoms with Crippen molar-refractivity contribution in [2.24, 2.45) is 5.92 Å². The molecule has 4 nitrogen and oxygen atoms in total. The van der Waals surface area contributed by atoms with Crippen molar-refractivity contribution in [3.8, 4) is 5.75 Å². The Morgan fingerprint density at radius 3 is 3.13 bits per heavy atom. The average Bonchev–Trinajstić information content (AvgIpc) is 2.97. The van der Waals surface area contributed by atoms with Gasteiger partial charge in [0.2, 0.25) is 0 Å². The van der Waals surface area contributed by atoms with E-state index in [1.165, 1.54) is 12.3 Å². The van der Waals surface area contributed by atoms with Crippen molar-refractivity contribution in [3.05, 3.63) is 24.0 Å². The molecule has 0 bridgehead atoms. The second-order valence-electron chi connectivity index (χ2n) is 3.86. The molecule has 1 saturated carbocycles. The highest BCUT2D eigenvalue weighted by Gasteiger charge is 2.37.